The third-order valence-corrected chi connectivity index (χ3v) is 2.51. The van der Waals surface area contributed by atoms with Crippen molar-refractivity contribution in [1.29, 1.82) is 0 Å². The molecule has 0 aromatic rings. The zero-order valence-electron chi connectivity index (χ0n) is 8.33. The summed E-state index contributed by atoms with van der Waals surface area (Å²) in [5.74, 6) is -0.822. The van der Waals surface area contributed by atoms with Gasteiger partial charge in [0.15, 0.2) is 0 Å². The summed E-state index contributed by atoms with van der Waals surface area (Å²) in [4.78, 5) is 10.4. The molecule has 1 rings (SSSR count). The Morgan fingerprint density at radius 1 is 1.57 bits per heavy atom. The number of carboxylic acids is 1. The number of allylic oxidation sites excluding steroid dienone is 1. The van der Waals surface area contributed by atoms with E-state index in [2.05, 4.69) is 11.9 Å². The largest absolute Gasteiger partial charge is 0.478 e. The number of hydrogen-bond acceptors (Lipinski definition) is 2. The Labute approximate surface area is 84.5 Å². The predicted molar refractivity (Wildman–Crippen MR) is 56.2 cm³/mol. The van der Waals surface area contributed by atoms with Gasteiger partial charge in [0.25, 0.3) is 0 Å². The molecule has 1 aliphatic carbocycles. The summed E-state index contributed by atoms with van der Waals surface area (Å²) < 4.78 is 0. The third kappa shape index (κ3) is 3.75. The quantitative estimate of drug-likeness (QED) is 0.530. The van der Waals surface area contributed by atoms with Crippen molar-refractivity contribution < 1.29 is 9.90 Å². The van der Waals surface area contributed by atoms with E-state index in [0.717, 1.165) is 37.8 Å². The molecule has 0 aliphatic heterocycles. The number of rotatable bonds is 4. The molecule has 3 nitrogen and oxygen atoms in total. The molecule has 0 aromatic heterocycles. The van der Waals surface area contributed by atoms with Gasteiger partial charge in [0.05, 0.1) is 0 Å². The van der Waals surface area contributed by atoms with E-state index in [1.165, 1.54) is 6.08 Å². The van der Waals surface area contributed by atoms with E-state index in [4.69, 9.17) is 5.11 Å². The van der Waals surface area contributed by atoms with Gasteiger partial charge < -0.3 is 10.4 Å². The van der Waals surface area contributed by atoms with Crippen molar-refractivity contribution in [2.45, 2.75) is 31.7 Å². The Kier molecular flexibility index (Phi) is 4.40. The Morgan fingerprint density at radius 2 is 2.21 bits per heavy atom. The first-order chi connectivity index (χ1) is 6.72. The van der Waals surface area contributed by atoms with Gasteiger partial charge in [-0.1, -0.05) is 11.6 Å². The van der Waals surface area contributed by atoms with Gasteiger partial charge in [-0.15, -0.1) is 6.58 Å². The van der Waals surface area contributed by atoms with Gasteiger partial charge in [-0.25, -0.2) is 4.79 Å². The molecule has 78 valence electrons. The normalized spacial score (nSPS) is 21.7. The highest BCUT2D eigenvalue weighted by Crippen LogP contribution is 2.23. The minimum atomic E-state index is -0.822. The van der Waals surface area contributed by atoms with Gasteiger partial charge in [-0.2, -0.15) is 0 Å². The van der Waals surface area contributed by atoms with Crippen LogP contribution in [0.2, 0.25) is 0 Å². The fourth-order valence-electron chi connectivity index (χ4n) is 1.76. The van der Waals surface area contributed by atoms with E-state index < -0.39 is 5.97 Å². The Balaban J connectivity index is 2.30. The van der Waals surface area contributed by atoms with Gasteiger partial charge in [-0.3, -0.25) is 0 Å². The van der Waals surface area contributed by atoms with Crippen molar-refractivity contribution in [2.75, 3.05) is 6.54 Å². The van der Waals surface area contributed by atoms with Crippen LogP contribution in [0.5, 0.6) is 0 Å². The predicted octanol–water partition coefficient (Wildman–Crippen LogP) is 1.72. The highest BCUT2D eigenvalue weighted by molar-refractivity contribution is 5.80. The molecule has 1 aliphatic rings. The Bertz CT molecular complexity index is 236. The van der Waals surface area contributed by atoms with E-state index in [1.54, 1.807) is 0 Å². The topological polar surface area (TPSA) is 49.3 Å². The van der Waals surface area contributed by atoms with Crippen LogP contribution in [0.4, 0.5) is 0 Å². The second kappa shape index (κ2) is 5.60. The summed E-state index contributed by atoms with van der Waals surface area (Å²) in [7, 11) is 0. The minimum absolute atomic E-state index is 0.527. The van der Waals surface area contributed by atoms with E-state index in [1.807, 2.05) is 6.08 Å². The maximum atomic E-state index is 10.4. The summed E-state index contributed by atoms with van der Waals surface area (Å²) in [6.45, 7) is 4.48. The molecule has 0 amide bonds. The van der Waals surface area contributed by atoms with Crippen LogP contribution in [0.1, 0.15) is 25.7 Å². The van der Waals surface area contributed by atoms with Crippen LogP contribution in [0.15, 0.2) is 24.3 Å². The van der Waals surface area contributed by atoms with Crippen molar-refractivity contribution in [3.05, 3.63) is 24.3 Å². The number of hydrogen-bond donors (Lipinski definition) is 2. The van der Waals surface area contributed by atoms with Crippen molar-refractivity contribution in [3.63, 3.8) is 0 Å². The smallest absolute Gasteiger partial charge is 0.328 e. The number of aliphatic carboxylic acids is 1. The van der Waals surface area contributed by atoms with E-state index in [-0.39, 0.29) is 0 Å². The lowest BCUT2D eigenvalue weighted by Gasteiger charge is -2.24. The standard InChI is InChI=1S/C11H17NO2/c1-2-7-12-10-5-3-9(4-6-10)8-11(13)14/h2,8,10,12H,1,3-7H2,(H,13,14). The Morgan fingerprint density at radius 3 is 2.71 bits per heavy atom. The average molecular weight is 195 g/mol. The molecule has 0 bridgehead atoms. The molecule has 2 N–H and O–H groups in total. The molecule has 0 atom stereocenters. The van der Waals surface area contributed by atoms with Crippen LogP contribution in [0, 0.1) is 0 Å². The van der Waals surface area contributed by atoms with E-state index >= 15 is 0 Å². The fourth-order valence-corrected chi connectivity index (χ4v) is 1.76. The average Bonchev–Trinajstić information content (AvgIpc) is 2.16. The molecule has 1 saturated carbocycles. The molecule has 0 radical (unpaired) electrons. The lowest BCUT2D eigenvalue weighted by atomic mass is 9.90. The van der Waals surface area contributed by atoms with Gasteiger partial charge in [0.2, 0.25) is 0 Å². The third-order valence-electron chi connectivity index (χ3n) is 2.51. The lowest BCUT2D eigenvalue weighted by molar-refractivity contribution is -0.131. The maximum Gasteiger partial charge on any atom is 0.328 e. The molecule has 14 heavy (non-hydrogen) atoms. The monoisotopic (exact) mass is 195 g/mol. The number of nitrogens with one attached hydrogen (secondary N) is 1. The molecule has 1 fully saturated rings. The lowest BCUT2D eigenvalue weighted by Crippen LogP contribution is -2.31. The molecular weight excluding hydrogens is 178 g/mol. The molecule has 0 heterocycles. The van der Waals surface area contributed by atoms with Gasteiger partial charge in [-0.05, 0) is 25.7 Å². The van der Waals surface area contributed by atoms with Crippen molar-refractivity contribution >= 4 is 5.97 Å². The summed E-state index contributed by atoms with van der Waals surface area (Å²) in [6.07, 6.45) is 7.08. The van der Waals surface area contributed by atoms with Crippen LogP contribution < -0.4 is 5.32 Å². The zero-order valence-corrected chi connectivity index (χ0v) is 8.33. The zero-order chi connectivity index (χ0) is 10.4. The minimum Gasteiger partial charge on any atom is -0.478 e. The summed E-state index contributed by atoms with van der Waals surface area (Å²) in [5.41, 5.74) is 1.06. The first kappa shape index (κ1) is 11.0. The van der Waals surface area contributed by atoms with Crippen LogP contribution in [0.3, 0.4) is 0 Å². The SMILES string of the molecule is C=CCNC1CCC(=CC(=O)O)CC1. The maximum absolute atomic E-state index is 10.4. The van der Waals surface area contributed by atoms with Gasteiger partial charge >= 0.3 is 5.97 Å². The van der Waals surface area contributed by atoms with Crippen LogP contribution in [0.25, 0.3) is 0 Å². The summed E-state index contributed by atoms with van der Waals surface area (Å²) in [5, 5.41) is 11.9. The van der Waals surface area contributed by atoms with Gasteiger partial charge in [0, 0.05) is 18.7 Å². The van der Waals surface area contributed by atoms with E-state index in [9.17, 15) is 4.79 Å². The number of carboxylic acid groups (broad SMARTS) is 1. The second-order valence-electron chi connectivity index (χ2n) is 3.61. The second-order valence-corrected chi connectivity index (χ2v) is 3.61. The highest BCUT2D eigenvalue weighted by Gasteiger charge is 2.15. The number of carbonyl (C=O) groups is 1. The van der Waals surface area contributed by atoms with Crippen molar-refractivity contribution in [3.8, 4) is 0 Å². The molecule has 0 unspecified atom stereocenters. The fraction of sp³-hybridized carbons (Fsp3) is 0.545. The van der Waals surface area contributed by atoms with Crippen LogP contribution in [-0.2, 0) is 4.79 Å². The van der Waals surface area contributed by atoms with Crippen molar-refractivity contribution in [1.82, 2.24) is 5.32 Å². The van der Waals surface area contributed by atoms with Crippen LogP contribution in [-0.4, -0.2) is 23.7 Å². The van der Waals surface area contributed by atoms with Gasteiger partial charge in [0.1, 0.15) is 0 Å². The molecule has 3 heteroatoms. The molecule has 0 aromatic carbocycles. The van der Waals surface area contributed by atoms with Crippen molar-refractivity contribution in [2.24, 2.45) is 0 Å². The first-order valence-electron chi connectivity index (χ1n) is 4.99. The highest BCUT2D eigenvalue weighted by atomic mass is 16.4. The Hall–Kier alpha value is -1.09. The molecule has 0 saturated heterocycles. The summed E-state index contributed by atoms with van der Waals surface area (Å²) in [6, 6.07) is 0.527. The molecule has 0 spiro atoms. The molecular formula is C11H17NO2. The van der Waals surface area contributed by atoms with Crippen LogP contribution >= 0.6 is 0 Å². The first-order valence-corrected chi connectivity index (χ1v) is 4.99. The summed E-state index contributed by atoms with van der Waals surface area (Å²) >= 11 is 0. The van der Waals surface area contributed by atoms with E-state index in [0.29, 0.717) is 6.04 Å².